The van der Waals surface area contributed by atoms with E-state index in [9.17, 15) is 9.59 Å². The number of ether oxygens (including phenoxy) is 2. The Morgan fingerprint density at radius 1 is 1.11 bits per heavy atom. The second-order valence-electron chi connectivity index (χ2n) is 7.41. The lowest BCUT2D eigenvalue weighted by atomic mass is 10.1. The number of benzene rings is 2. The van der Waals surface area contributed by atoms with Crippen LogP contribution in [0.15, 0.2) is 42.5 Å². The zero-order valence-corrected chi connectivity index (χ0v) is 16.2. The van der Waals surface area contributed by atoms with Crippen LogP contribution in [0.2, 0.25) is 0 Å². The lowest BCUT2D eigenvalue weighted by molar-refractivity contribution is -0.134. The first-order chi connectivity index (χ1) is 13.5. The lowest BCUT2D eigenvalue weighted by Gasteiger charge is -2.29. The predicted octanol–water partition coefficient (Wildman–Crippen LogP) is 2.85. The Morgan fingerprint density at radius 2 is 1.86 bits per heavy atom. The van der Waals surface area contributed by atoms with Crippen molar-refractivity contribution in [1.29, 1.82) is 0 Å². The van der Waals surface area contributed by atoms with Gasteiger partial charge in [0.05, 0.1) is 0 Å². The molecule has 2 aromatic carbocycles. The van der Waals surface area contributed by atoms with Crippen LogP contribution in [0.5, 0.6) is 11.5 Å². The average molecular weight is 380 g/mol. The summed E-state index contributed by atoms with van der Waals surface area (Å²) in [6.07, 6.45) is 0. The largest absolute Gasteiger partial charge is 0.486 e. The number of carbonyl (C=O) groups is 2. The first kappa shape index (κ1) is 18.3. The third-order valence-electron chi connectivity index (χ3n) is 5.13. The van der Waals surface area contributed by atoms with E-state index in [4.69, 9.17) is 9.47 Å². The Morgan fingerprint density at radius 3 is 2.61 bits per heavy atom. The minimum Gasteiger partial charge on any atom is -0.486 e. The van der Waals surface area contributed by atoms with E-state index >= 15 is 0 Å². The number of carbonyl (C=O) groups excluding carboxylic acids is 2. The summed E-state index contributed by atoms with van der Waals surface area (Å²) in [5.74, 6) is 1.31. The molecular weight excluding hydrogens is 356 g/mol. The van der Waals surface area contributed by atoms with Crippen molar-refractivity contribution < 1.29 is 19.1 Å². The highest BCUT2D eigenvalue weighted by Gasteiger charge is 2.30. The molecule has 4 rings (SSSR count). The van der Waals surface area contributed by atoms with Gasteiger partial charge in [-0.05, 0) is 43.2 Å². The molecule has 2 aromatic rings. The van der Waals surface area contributed by atoms with Gasteiger partial charge >= 0.3 is 0 Å². The molecule has 0 saturated carbocycles. The number of hydrogen-bond donors (Lipinski definition) is 0. The van der Waals surface area contributed by atoms with E-state index < -0.39 is 0 Å². The minimum absolute atomic E-state index is 0.0146. The summed E-state index contributed by atoms with van der Waals surface area (Å²) in [6.45, 7) is 6.07. The highest BCUT2D eigenvalue weighted by molar-refractivity contribution is 6.00. The van der Waals surface area contributed by atoms with E-state index in [2.05, 4.69) is 0 Å². The second-order valence-corrected chi connectivity index (χ2v) is 7.41. The van der Waals surface area contributed by atoms with Crippen LogP contribution in [0.25, 0.3) is 0 Å². The maximum atomic E-state index is 13.0. The van der Waals surface area contributed by atoms with E-state index in [0.29, 0.717) is 37.6 Å². The molecule has 2 heterocycles. The Balaban J connectivity index is 1.46. The van der Waals surface area contributed by atoms with Crippen LogP contribution >= 0.6 is 0 Å². The van der Waals surface area contributed by atoms with Gasteiger partial charge in [0.15, 0.2) is 11.5 Å². The van der Waals surface area contributed by atoms with Gasteiger partial charge in [0.2, 0.25) is 5.91 Å². The summed E-state index contributed by atoms with van der Waals surface area (Å²) >= 11 is 0. The summed E-state index contributed by atoms with van der Waals surface area (Å²) in [7, 11) is 0. The van der Waals surface area contributed by atoms with Crippen molar-refractivity contribution in [2.75, 3.05) is 19.8 Å². The van der Waals surface area contributed by atoms with Gasteiger partial charge in [-0.1, -0.05) is 24.3 Å². The minimum atomic E-state index is -0.0769. The van der Waals surface area contributed by atoms with Crippen molar-refractivity contribution in [3.8, 4) is 11.5 Å². The highest BCUT2D eigenvalue weighted by Crippen LogP contribution is 2.31. The number of rotatable bonds is 5. The van der Waals surface area contributed by atoms with Crippen LogP contribution in [-0.4, -0.2) is 47.4 Å². The van der Waals surface area contributed by atoms with E-state index in [1.54, 1.807) is 9.80 Å². The molecule has 146 valence electrons. The zero-order chi connectivity index (χ0) is 19.7. The van der Waals surface area contributed by atoms with Crippen LogP contribution in [0.3, 0.4) is 0 Å². The third-order valence-corrected chi connectivity index (χ3v) is 5.13. The van der Waals surface area contributed by atoms with Gasteiger partial charge in [-0.15, -0.1) is 0 Å². The number of amides is 2. The average Bonchev–Trinajstić information content (AvgIpc) is 3.01. The Hall–Kier alpha value is -3.02. The fourth-order valence-electron chi connectivity index (χ4n) is 3.64. The highest BCUT2D eigenvalue weighted by atomic mass is 16.6. The normalized spacial score (nSPS) is 15.0. The molecule has 0 aliphatic carbocycles. The van der Waals surface area contributed by atoms with Crippen molar-refractivity contribution in [2.45, 2.75) is 33.0 Å². The summed E-state index contributed by atoms with van der Waals surface area (Å²) < 4.78 is 11.2. The van der Waals surface area contributed by atoms with Crippen molar-refractivity contribution in [1.82, 2.24) is 9.80 Å². The second kappa shape index (κ2) is 7.54. The predicted molar refractivity (Wildman–Crippen MR) is 104 cm³/mol. The third kappa shape index (κ3) is 3.54. The number of nitrogens with zero attached hydrogens (tertiary/aromatic N) is 2. The molecule has 0 aromatic heterocycles. The summed E-state index contributed by atoms with van der Waals surface area (Å²) in [4.78, 5) is 29.0. The maximum Gasteiger partial charge on any atom is 0.254 e. The lowest BCUT2D eigenvalue weighted by Crippen LogP contribution is -2.43. The molecule has 0 radical (unpaired) electrons. The molecule has 28 heavy (non-hydrogen) atoms. The van der Waals surface area contributed by atoms with Crippen LogP contribution in [0.4, 0.5) is 0 Å². The quantitative estimate of drug-likeness (QED) is 0.800. The van der Waals surface area contributed by atoms with Crippen molar-refractivity contribution in [2.24, 2.45) is 0 Å². The molecule has 6 nitrogen and oxygen atoms in total. The van der Waals surface area contributed by atoms with E-state index in [1.807, 2.05) is 56.3 Å². The van der Waals surface area contributed by atoms with Crippen LogP contribution in [0, 0.1) is 0 Å². The summed E-state index contributed by atoms with van der Waals surface area (Å²) in [5.41, 5.74) is 2.64. The SMILES string of the molecule is CC(C)N(Cc1ccc2c(c1)OCCO2)C(=O)CN1Cc2ccccc2C1=O. The summed E-state index contributed by atoms with van der Waals surface area (Å²) in [5, 5.41) is 0. The van der Waals surface area contributed by atoms with Gasteiger partial charge in [0, 0.05) is 24.7 Å². The van der Waals surface area contributed by atoms with Gasteiger partial charge in [0.25, 0.3) is 5.91 Å². The fraction of sp³-hybridized carbons (Fsp3) is 0.364. The van der Waals surface area contributed by atoms with E-state index in [-0.39, 0.29) is 24.4 Å². The molecule has 2 aliphatic heterocycles. The monoisotopic (exact) mass is 380 g/mol. The zero-order valence-electron chi connectivity index (χ0n) is 16.2. The molecule has 2 amide bonds. The smallest absolute Gasteiger partial charge is 0.254 e. The van der Waals surface area contributed by atoms with Gasteiger partial charge in [0.1, 0.15) is 19.8 Å². The Labute approximate surface area is 164 Å². The van der Waals surface area contributed by atoms with Gasteiger partial charge in [-0.2, -0.15) is 0 Å². The van der Waals surface area contributed by atoms with Crippen LogP contribution < -0.4 is 9.47 Å². The first-order valence-electron chi connectivity index (χ1n) is 9.58. The maximum absolute atomic E-state index is 13.0. The molecular formula is C22H24N2O4. The molecule has 0 fully saturated rings. The van der Waals surface area contributed by atoms with Crippen LogP contribution in [-0.2, 0) is 17.9 Å². The van der Waals surface area contributed by atoms with Gasteiger partial charge in [-0.25, -0.2) is 0 Å². The van der Waals surface area contributed by atoms with Gasteiger partial charge < -0.3 is 19.3 Å². The molecule has 0 spiro atoms. The Bertz CT molecular complexity index is 909. The van der Waals surface area contributed by atoms with Crippen molar-refractivity contribution in [3.05, 3.63) is 59.2 Å². The van der Waals surface area contributed by atoms with Crippen molar-refractivity contribution >= 4 is 11.8 Å². The number of fused-ring (bicyclic) bond motifs is 2. The standard InChI is InChI=1S/C22H24N2O4/c1-15(2)24(12-16-7-8-19-20(11-16)28-10-9-27-19)21(25)14-23-13-17-5-3-4-6-18(17)22(23)26/h3-8,11,15H,9-10,12-14H2,1-2H3. The molecule has 6 heteroatoms. The first-order valence-corrected chi connectivity index (χ1v) is 9.58. The Kier molecular flexibility index (Phi) is 4.94. The molecule has 0 unspecified atom stereocenters. The van der Waals surface area contributed by atoms with Gasteiger partial charge in [-0.3, -0.25) is 9.59 Å². The molecule has 0 bridgehead atoms. The molecule has 0 atom stereocenters. The fourth-order valence-corrected chi connectivity index (χ4v) is 3.64. The number of hydrogen-bond acceptors (Lipinski definition) is 4. The van der Waals surface area contributed by atoms with E-state index in [0.717, 1.165) is 16.9 Å². The molecule has 2 aliphatic rings. The van der Waals surface area contributed by atoms with E-state index in [1.165, 1.54) is 0 Å². The molecule has 0 saturated heterocycles. The summed E-state index contributed by atoms with van der Waals surface area (Å²) in [6, 6.07) is 13.3. The van der Waals surface area contributed by atoms with Crippen molar-refractivity contribution in [3.63, 3.8) is 0 Å². The van der Waals surface area contributed by atoms with Crippen LogP contribution in [0.1, 0.15) is 35.3 Å². The molecule has 0 N–H and O–H groups in total. The topological polar surface area (TPSA) is 59.1 Å².